The highest BCUT2D eigenvalue weighted by Crippen LogP contribution is 2.31. The van der Waals surface area contributed by atoms with E-state index in [2.05, 4.69) is 15.8 Å². The van der Waals surface area contributed by atoms with Crippen LogP contribution in [0.15, 0.2) is 32.9 Å². The fourth-order valence-corrected chi connectivity index (χ4v) is 1.94. The molecule has 0 aliphatic carbocycles. The molecule has 120 valence electrons. The van der Waals surface area contributed by atoms with Crippen molar-refractivity contribution in [2.75, 3.05) is 24.8 Å². The summed E-state index contributed by atoms with van der Waals surface area (Å²) in [6, 6.07) is 4.51. The van der Waals surface area contributed by atoms with Gasteiger partial charge in [-0.15, -0.1) is 0 Å². The minimum atomic E-state index is -0.720. The number of hydrogen-bond acceptors (Lipinski definition) is 7. The van der Waals surface area contributed by atoms with Gasteiger partial charge in [0.05, 0.1) is 11.3 Å². The van der Waals surface area contributed by atoms with Gasteiger partial charge in [0.1, 0.15) is 11.4 Å². The summed E-state index contributed by atoms with van der Waals surface area (Å²) in [4.78, 5) is 36.5. The van der Waals surface area contributed by atoms with E-state index in [1.807, 2.05) is 0 Å². The van der Waals surface area contributed by atoms with E-state index >= 15 is 0 Å². The van der Waals surface area contributed by atoms with E-state index in [1.165, 1.54) is 23.2 Å². The molecule has 23 heavy (non-hydrogen) atoms. The lowest BCUT2D eigenvalue weighted by atomic mass is 10.1. The number of phenols is 1. The van der Waals surface area contributed by atoms with Gasteiger partial charge >= 0.3 is 0 Å². The Kier molecular flexibility index (Phi) is 4.44. The van der Waals surface area contributed by atoms with Crippen LogP contribution < -0.4 is 21.6 Å². The molecule has 1 amide bonds. The molecule has 0 heterocycles. The van der Waals surface area contributed by atoms with Gasteiger partial charge in [0.25, 0.3) is 16.8 Å². The first kappa shape index (κ1) is 16.2. The summed E-state index contributed by atoms with van der Waals surface area (Å²) in [5.41, 5.74) is 1.27. The number of anilines is 3. The standard InChI is InChI=1S/C15H16N4O4/c1-4-16-18-11-10(13(21)14(11)22)17-9-7-5-6-8(12(9)20)15(23)19(2)3/h4-7,17-18,20H,1-3H3. The smallest absolute Gasteiger partial charge is 0.257 e. The summed E-state index contributed by atoms with van der Waals surface area (Å²) in [6.07, 6.45) is 1.43. The Balaban J connectivity index is 2.38. The topological polar surface area (TPSA) is 111 Å². The highest BCUT2D eigenvalue weighted by molar-refractivity contribution is 5.99. The summed E-state index contributed by atoms with van der Waals surface area (Å²) in [5.74, 6) is -0.686. The number of nitrogens with zero attached hydrogens (tertiary/aromatic N) is 2. The largest absolute Gasteiger partial charge is 0.505 e. The first-order valence-corrected chi connectivity index (χ1v) is 6.76. The van der Waals surface area contributed by atoms with Crippen LogP contribution in [0, 0.1) is 0 Å². The first-order valence-electron chi connectivity index (χ1n) is 6.76. The minimum absolute atomic E-state index is 0.00893. The number of carbonyl (C=O) groups is 1. The highest BCUT2D eigenvalue weighted by atomic mass is 16.3. The van der Waals surface area contributed by atoms with Crippen LogP contribution in [-0.4, -0.2) is 36.2 Å². The second kappa shape index (κ2) is 6.30. The van der Waals surface area contributed by atoms with E-state index in [1.54, 1.807) is 27.1 Å². The molecule has 0 bridgehead atoms. The van der Waals surface area contributed by atoms with Gasteiger partial charge in [0.15, 0.2) is 5.75 Å². The number of amides is 1. The SMILES string of the molecule is CC=NNc1c(Nc2cccc(C(=O)N(C)C)c2O)c(=O)c1=O. The first-order chi connectivity index (χ1) is 10.9. The van der Waals surface area contributed by atoms with Crippen LogP contribution in [0.25, 0.3) is 0 Å². The molecule has 2 aromatic rings. The van der Waals surface area contributed by atoms with E-state index in [9.17, 15) is 19.5 Å². The summed E-state index contributed by atoms with van der Waals surface area (Å²) in [5, 5.41) is 16.6. The quantitative estimate of drug-likeness (QED) is 0.326. The zero-order valence-electron chi connectivity index (χ0n) is 12.9. The number of hydrazone groups is 1. The molecule has 0 fully saturated rings. The van der Waals surface area contributed by atoms with Crippen LogP contribution in [0.5, 0.6) is 5.75 Å². The van der Waals surface area contributed by atoms with Crippen LogP contribution >= 0.6 is 0 Å². The van der Waals surface area contributed by atoms with Gasteiger partial charge in [-0.1, -0.05) is 6.07 Å². The number of hydrogen-bond donors (Lipinski definition) is 3. The van der Waals surface area contributed by atoms with Gasteiger partial charge in [0, 0.05) is 20.3 Å². The van der Waals surface area contributed by atoms with Crippen LogP contribution in [0.3, 0.4) is 0 Å². The third-order valence-electron chi connectivity index (χ3n) is 3.15. The summed E-state index contributed by atoms with van der Waals surface area (Å²) in [6.45, 7) is 1.65. The Bertz CT molecular complexity index is 848. The van der Waals surface area contributed by atoms with Gasteiger partial charge in [-0.2, -0.15) is 5.10 Å². The van der Waals surface area contributed by atoms with Crippen LogP contribution in [-0.2, 0) is 0 Å². The molecule has 0 radical (unpaired) electrons. The van der Waals surface area contributed by atoms with Crippen molar-refractivity contribution in [1.29, 1.82) is 0 Å². The van der Waals surface area contributed by atoms with Crippen molar-refractivity contribution in [2.45, 2.75) is 6.92 Å². The average molecular weight is 316 g/mol. The fourth-order valence-electron chi connectivity index (χ4n) is 1.94. The summed E-state index contributed by atoms with van der Waals surface area (Å²) < 4.78 is 0. The number of rotatable bonds is 5. The normalized spacial score (nSPS) is 10.9. The lowest BCUT2D eigenvalue weighted by Gasteiger charge is -2.16. The molecule has 2 rings (SSSR count). The summed E-state index contributed by atoms with van der Waals surface area (Å²) in [7, 11) is 3.12. The second-order valence-corrected chi connectivity index (χ2v) is 4.93. The molecule has 0 unspecified atom stereocenters. The van der Waals surface area contributed by atoms with Crippen LogP contribution in [0.2, 0.25) is 0 Å². The van der Waals surface area contributed by atoms with Crippen molar-refractivity contribution < 1.29 is 9.90 Å². The van der Waals surface area contributed by atoms with Crippen molar-refractivity contribution >= 4 is 29.2 Å². The molecular weight excluding hydrogens is 300 g/mol. The lowest BCUT2D eigenvalue weighted by molar-refractivity contribution is 0.0825. The van der Waals surface area contributed by atoms with Crippen molar-refractivity contribution in [2.24, 2.45) is 5.10 Å². The van der Waals surface area contributed by atoms with Gasteiger partial charge in [-0.25, -0.2) is 0 Å². The van der Waals surface area contributed by atoms with Crippen molar-refractivity contribution in [3.05, 3.63) is 44.2 Å². The fraction of sp³-hybridized carbons (Fsp3) is 0.200. The number of carbonyl (C=O) groups excluding carboxylic acids is 1. The van der Waals surface area contributed by atoms with E-state index < -0.39 is 10.9 Å². The highest BCUT2D eigenvalue weighted by Gasteiger charge is 2.23. The van der Waals surface area contributed by atoms with Gasteiger partial charge in [-0.05, 0) is 19.1 Å². The molecule has 0 aromatic heterocycles. The van der Waals surface area contributed by atoms with E-state index in [0.29, 0.717) is 0 Å². The molecule has 0 atom stereocenters. The molecule has 3 N–H and O–H groups in total. The van der Waals surface area contributed by atoms with Crippen LogP contribution in [0.4, 0.5) is 17.1 Å². The molecule has 0 aliphatic heterocycles. The number of para-hydroxylation sites is 1. The van der Waals surface area contributed by atoms with Crippen molar-refractivity contribution in [1.82, 2.24) is 4.90 Å². The Labute approximate surface area is 131 Å². The predicted octanol–water partition coefficient (Wildman–Crippen LogP) is 0.851. The van der Waals surface area contributed by atoms with E-state index in [0.717, 1.165) is 0 Å². The molecule has 8 heteroatoms. The maximum Gasteiger partial charge on any atom is 0.257 e. The third kappa shape index (κ3) is 2.91. The van der Waals surface area contributed by atoms with Gasteiger partial charge in [-0.3, -0.25) is 19.8 Å². The zero-order chi connectivity index (χ0) is 17.1. The molecule has 8 nitrogen and oxygen atoms in total. The maximum atomic E-state index is 12.0. The predicted molar refractivity (Wildman–Crippen MR) is 88.5 cm³/mol. The molecule has 0 aliphatic rings. The number of nitrogens with one attached hydrogen (secondary N) is 2. The maximum absolute atomic E-state index is 12.0. The molecule has 0 saturated carbocycles. The average Bonchev–Trinajstić information content (AvgIpc) is 2.54. The summed E-state index contributed by atoms with van der Waals surface area (Å²) >= 11 is 0. The Morgan fingerprint density at radius 1 is 1.22 bits per heavy atom. The Morgan fingerprint density at radius 2 is 1.87 bits per heavy atom. The van der Waals surface area contributed by atoms with Crippen molar-refractivity contribution in [3.8, 4) is 5.75 Å². The Morgan fingerprint density at radius 3 is 2.48 bits per heavy atom. The Hall–Kier alpha value is -3.16. The number of phenolic OH excluding ortho intramolecular Hbond substituents is 1. The minimum Gasteiger partial charge on any atom is -0.505 e. The molecule has 2 aromatic carbocycles. The van der Waals surface area contributed by atoms with Gasteiger partial charge < -0.3 is 15.3 Å². The number of benzene rings is 1. The second-order valence-electron chi connectivity index (χ2n) is 4.93. The molecule has 0 spiro atoms. The third-order valence-corrected chi connectivity index (χ3v) is 3.15. The molecular formula is C15H16N4O4. The molecule has 0 saturated heterocycles. The van der Waals surface area contributed by atoms with E-state index in [-0.39, 0.29) is 34.3 Å². The zero-order valence-corrected chi connectivity index (χ0v) is 12.9. The monoisotopic (exact) mass is 316 g/mol. The lowest BCUT2D eigenvalue weighted by Crippen LogP contribution is -2.35. The van der Waals surface area contributed by atoms with E-state index in [4.69, 9.17) is 0 Å². The van der Waals surface area contributed by atoms with Crippen LogP contribution in [0.1, 0.15) is 17.3 Å². The number of aromatic hydroxyl groups is 1. The van der Waals surface area contributed by atoms with Crippen molar-refractivity contribution in [3.63, 3.8) is 0 Å². The van der Waals surface area contributed by atoms with Gasteiger partial charge in [0.2, 0.25) is 0 Å².